The van der Waals surface area contributed by atoms with Crippen molar-refractivity contribution in [1.29, 1.82) is 0 Å². The summed E-state index contributed by atoms with van der Waals surface area (Å²) in [5, 5.41) is 5.87. The Bertz CT molecular complexity index is 737. The Labute approximate surface area is 179 Å². The molecule has 1 aromatic carbocycles. The van der Waals surface area contributed by atoms with E-state index in [9.17, 15) is 9.59 Å². The van der Waals surface area contributed by atoms with Crippen molar-refractivity contribution in [1.82, 2.24) is 25.3 Å². The van der Waals surface area contributed by atoms with Crippen LogP contribution < -0.4 is 10.6 Å². The summed E-state index contributed by atoms with van der Waals surface area (Å²) >= 11 is 0. The van der Waals surface area contributed by atoms with E-state index in [0.717, 1.165) is 45.2 Å². The maximum absolute atomic E-state index is 11.7. The molecule has 2 heterocycles. The van der Waals surface area contributed by atoms with Gasteiger partial charge in [-0.25, -0.2) is 4.79 Å². The number of hydrogen-bond acceptors (Lipinski definition) is 4. The highest BCUT2D eigenvalue weighted by atomic mass is 16.2. The predicted molar refractivity (Wildman–Crippen MR) is 118 cm³/mol. The van der Waals surface area contributed by atoms with Crippen LogP contribution in [0.2, 0.25) is 0 Å². The van der Waals surface area contributed by atoms with E-state index in [1.54, 1.807) is 0 Å². The van der Waals surface area contributed by atoms with Gasteiger partial charge in [-0.2, -0.15) is 0 Å². The topological polar surface area (TPSA) is 80.3 Å². The van der Waals surface area contributed by atoms with Crippen LogP contribution in [-0.2, 0) is 11.3 Å². The van der Waals surface area contributed by atoms with E-state index in [1.807, 2.05) is 6.92 Å². The Morgan fingerprint density at radius 3 is 2.40 bits per heavy atom. The number of benzene rings is 1. The summed E-state index contributed by atoms with van der Waals surface area (Å²) < 4.78 is 0. The maximum atomic E-state index is 11.7. The Kier molecular flexibility index (Phi) is 7.68. The molecule has 2 aliphatic rings. The van der Waals surface area contributed by atoms with Gasteiger partial charge in [-0.1, -0.05) is 38.1 Å². The van der Waals surface area contributed by atoms with Gasteiger partial charge in [0.15, 0.2) is 5.96 Å². The second kappa shape index (κ2) is 10.4. The molecule has 0 atom stereocenters. The Morgan fingerprint density at radius 2 is 1.83 bits per heavy atom. The molecule has 2 N–H and O–H groups in total. The summed E-state index contributed by atoms with van der Waals surface area (Å²) in [6, 6.07) is 8.62. The number of nitrogens with zero attached hydrogens (tertiary/aromatic N) is 4. The molecule has 0 saturated carbocycles. The van der Waals surface area contributed by atoms with Crippen molar-refractivity contribution in [2.45, 2.75) is 33.2 Å². The van der Waals surface area contributed by atoms with Crippen LogP contribution in [0, 0.1) is 0 Å². The van der Waals surface area contributed by atoms with Crippen molar-refractivity contribution in [3.05, 3.63) is 35.4 Å². The number of hydrogen-bond donors (Lipinski definition) is 2. The largest absolute Gasteiger partial charge is 0.357 e. The molecule has 8 nitrogen and oxygen atoms in total. The van der Waals surface area contributed by atoms with E-state index >= 15 is 0 Å². The second-order valence-corrected chi connectivity index (χ2v) is 8.10. The zero-order valence-electron chi connectivity index (χ0n) is 18.4. The molecular formula is C22H34N6O2. The van der Waals surface area contributed by atoms with Gasteiger partial charge in [0, 0.05) is 39.3 Å². The zero-order chi connectivity index (χ0) is 21.5. The number of piperazine rings is 1. The summed E-state index contributed by atoms with van der Waals surface area (Å²) in [6.45, 7) is 12.8. The zero-order valence-corrected chi connectivity index (χ0v) is 18.4. The minimum absolute atomic E-state index is 0.0881. The van der Waals surface area contributed by atoms with Crippen LogP contribution in [0.15, 0.2) is 29.3 Å². The first-order valence-corrected chi connectivity index (χ1v) is 10.9. The first-order valence-electron chi connectivity index (χ1n) is 10.9. The van der Waals surface area contributed by atoms with Crippen LogP contribution in [0.25, 0.3) is 0 Å². The molecule has 0 unspecified atom stereocenters. The minimum atomic E-state index is -0.324. The van der Waals surface area contributed by atoms with E-state index < -0.39 is 0 Å². The number of carbonyl (C=O) groups excluding carboxylic acids is 2. The molecule has 0 aromatic heterocycles. The highest BCUT2D eigenvalue weighted by Crippen LogP contribution is 2.16. The van der Waals surface area contributed by atoms with Crippen LogP contribution in [0.1, 0.15) is 37.8 Å². The first kappa shape index (κ1) is 22.1. The maximum Gasteiger partial charge on any atom is 0.324 e. The van der Waals surface area contributed by atoms with Gasteiger partial charge in [0.25, 0.3) is 0 Å². The molecule has 30 heavy (non-hydrogen) atoms. The van der Waals surface area contributed by atoms with Gasteiger partial charge in [0.05, 0.1) is 19.6 Å². The molecule has 0 bridgehead atoms. The molecule has 2 fully saturated rings. The average Bonchev–Trinajstić information content (AvgIpc) is 3.06. The van der Waals surface area contributed by atoms with Gasteiger partial charge in [-0.15, -0.1) is 0 Å². The quantitative estimate of drug-likeness (QED) is 0.401. The molecule has 2 aliphatic heterocycles. The predicted octanol–water partition coefficient (Wildman–Crippen LogP) is 1.44. The molecule has 0 aliphatic carbocycles. The molecule has 3 amide bonds. The lowest BCUT2D eigenvalue weighted by atomic mass is 10.0. The number of urea groups is 1. The number of carbonyl (C=O) groups is 2. The summed E-state index contributed by atoms with van der Waals surface area (Å²) in [4.78, 5) is 33.9. The number of rotatable bonds is 7. The monoisotopic (exact) mass is 414 g/mol. The van der Waals surface area contributed by atoms with E-state index in [2.05, 4.69) is 63.5 Å². The average molecular weight is 415 g/mol. The highest BCUT2D eigenvalue weighted by Gasteiger charge is 2.27. The van der Waals surface area contributed by atoms with Gasteiger partial charge in [-0.3, -0.25) is 19.6 Å². The molecular weight excluding hydrogens is 380 g/mol. The number of imide groups is 1. The molecule has 1 aromatic rings. The van der Waals surface area contributed by atoms with Gasteiger partial charge in [-0.05, 0) is 24.0 Å². The van der Waals surface area contributed by atoms with Crippen molar-refractivity contribution >= 4 is 17.9 Å². The lowest BCUT2D eigenvalue weighted by Gasteiger charge is -2.36. The number of nitrogens with one attached hydrogen (secondary N) is 2. The normalized spacial score (nSPS) is 18.3. The molecule has 0 spiro atoms. The fourth-order valence-electron chi connectivity index (χ4n) is 3.75. The SMILES string of the molecule is CCNC(=NCCN1C(=O)CNC1=O)N1CCN(Cc2ccc(C(C)C)cc2)CC1. The molecule has 0 radical (unpaired) electrons. The lowest BCUT2D eigenvalue weighted by Crippen LogP contribution is -2.52. The third-order valence-electron chi connectivity index (χ3n) is 5.58. The van der Waals surface area contributed by atoms with E-state index in [1.165, 1.54) is 16.0 Å². The fourth-order valence-corrected chi connectivity index (χ4v) is 3.75. The van der Waals surface area contributed by atoms with Crippen LogP contribution in [0.5, 0.6) is 0 Å². The van der Waals surface area contributed by atoms with E-state index in [-0.39, 0.29) is 18.5 Å². The van der Waals surface area contributed by atoms with Crippen molar-refractivity contribution in [3.8, 4) is 0 Å². The molecule has 8 heteroatoms. The Hall–Kier alpha value is -2.61. The second-order valence-electron chi connectivity index (χ2n) is 8.10. The van der Waals surface area contributed by atoms with Crippen LogP contribution in [-0.4, -0.2) is 85.0 Å². The fraction of sp³-hybridized carbons (Fsp3) is 0.591. The van der Waals surface area contributed by atoms with Gasteiger partial charge in [0.1, 0.15) is 0 Å². The summed E-state index contributed by atoms with van der Waals surface area (Å²) in [7, 11) is 0. The van der Waals surface area contributed by atoms with Crippen LogP contribution in [0.4, 0.5) is 4.79 Å². The number of amides is 3. The minimum Gasteiger partial charge on any atom is -0.357 e. The van der Waals surface area contributed by atoms with Crippen LogP contribution >= 0.6 is 0 Å². The summed E-state index contributed by atoms with van der Waals surface area (Å²) in [5.41, 5.74) is 2.73. The summed E-state index contributed by atoms with van der Waals surface area (Å²) in [6.07, 6.45) is 0. The lowest BCUT2D eigenvalue weighted by molar-refractivity contribution is -0.124. The van der Waals surface area contributed by atoms with Crippen molar-refractivity contribution in [2.75, 3.05) is 52.4 Å². The van der Waals surface area contributed by atoms with Gasteiger partial charge in [0.2, 0.25) is 5.91 Å². The first-order chi connectivity index (χ1) is 14.5. The third-order valence-corrected chi connectivity index (χ3v) is 5.58. The van der Waals surface area contributed by atoms with Crippen molar-refractivity contribution in [3.63, 3.8) is 0 Å². The molecule has 2 saturated heterocycles. The number of guanidine groups is 1. The Morgan fingerprint density at radius 1 is 1.13 bits per heavy atom. The Balaban J connectivity index is 1.49. The van der Waals surface area contributed by atoms with Gasteiger partial charge >= 0.3 is 6.03 Å². The van der Waals surface area contributed by atoms with Gasteiger partial charge < -0.3 is 15.5 Å². The molecule has 3 rings (SSSR count). The standard InChI is InChI=1S/C22H34N6O2/c1-4-23-21(24-9-10-28-20(29)15-25-22(28)30)27-13-11-26(12-14-27)16-18-5-7-19(8-6-18)17(2)3/h5-8,17H,4,9-16H2,1-3H3,(H,23,24)(H,25,30). The smallest absolute Gasteiger partial charge is 0.324 e. The van der Waals surface area contributed by atoms with E-state index in [4.69, 9.17) is 0 Å². The van der Waals surface area contributed by atoms with Crippen LogP contribution in [0.3, 0.4) is 0 Å². The third kappa shape index (κ3) is 5.72. The summed E-state index contributed by atoms with van der Waals surface area (Å²) in [5.74, 6) is 1.23. The highest BCUT2D eigenvalue weighted by molar-refractivity contribution is 6.01. The number of aliphatic imine (C=N–C) groups is 1. The van der Waals surface area contributed by atoms with Crippen molar-refractivity contribution in [2.24, 2.45) is 4.99 Å². The van der Waals surface area contributed by atoms with Crippen molar-refractivity contribution < 1.29 is 9.59 Å². The molecule has 164 valence electrons. The van der Waals surface area contributed by atoms with E-state index in [0.29, 0.717) is 19.0 Å².